The van der Waals surface area contributed by atoms with Crippen molar-refractivity contribution in [1.82, 2.24) is 9.13 Å². The van der Waals surface area contributed by atoms with Crippen LogP contribution in [0.25, 0.3) is 135 Å². The molecule has 0 fully saturated rings. The molecule has 3 heterocycles. The number of benzene rings is 11. The van der Waals surface area contributed by atoms with Gasteiger partial charge in [0.05, 0.1) is 58.5 Å². The molecule has 0 amide bonds. The lowest BCUT2D eigenvalue weighted by atomic mass is 9.88. The molecule has 0 aliphatic carbocycles. The first-order chi connectivity index (χ1) is 35.7. The number of nitriles is 1. The maximum absolute atomic E-state index is 12.1. The van der Waals surface area contributed by atoms with E-state index in [9.17, 15) is 20.1 Å². The maximum Gasteiger partial charge on any atom is 0.220 e. The van der Waals surface area contributed by atoms with E-state index in [0.717, 1.165) is 53.1 Å². The van der Waals surface area contributed by atoms with Crippen molar-refractivity contribution in [2.75, 3.05) is 0 Å². The fourth-order valence-electron chi connectivity index (χ4n) is 10.8. The van der Waals surface area contributed by atoms with Crippen LogP contribution >= 0.6 is 11.3 Å². The normalized spacial score (nSPS) is 13.1. The Hall–Kier alpha value is -9.00. The SMILES string of the molecule is [2H]c1c([2H])c2c3ccccc3c3c([2H])c([2H])c([2H])c4c3c2c(c1[2H])n4-c1c([N+]#[C-])c(-c2ccccc2)c(C#N)c(-n2c3cccc(-c4ccccc4)c3c3ccc4c5ccccc5sc4c32)c1-c1ccccc1. The lowest BCUT2D eigenvalue weighted by molar-refractivity contribution is 1.14. The molecule has 0 radical (unpaired) electrons. The quantitative estimate of drug-likeness (QED) is 0.125. The molecule has 308 valence electrons. The number of rotatable bonds is 5. The third kappa shape index (κ3) is 5.09. The summed E-state index contributed by atoms with van der Waals surface area (Å²) in [7, 11) is 0. The number of hydrogen-bond acceptors (Lipinski definition) is 2. The van der Waals surface area contributed by atoms with Crippen LogP contribution in [0.1, 0.15) is 13.8 Å². The third-order valence-electron chi connectivity index (χ3n) is 13.5. The summed E-state index contributed by atoms with van der Waals surface area (Å²) >= 11 is 1.68. The van der Waals surface area contributed by atoms with Gasteiger partial charge in [0.1, 0.15) is 6.07 Å². The van der Waals surface area contributed by atoms with Gasteiger partial charge in [0.25, 0.3) is 0 Å². The van der Waals surface area contributed by atoms with Crippen molar-refractivity contribution in [3.8, 4) is 50.8 Å². The van der Waals surface area contributed by atoms with Crippen molar-refractivity contribution in [3.63, 3.8) is 0 Å². The van der Waals surface area contributed by atoms with E-state index in [4.69, 9.17) is 0 Å². The second kappa shape index (κ2) is 14.2. The molecule has 0 bridgehead atoms. The fraction of sp³-hybridized carbons (Fsp3) is 0. The van der Waals surface area contributed by atoms with Gasteiger partial charge in [-0.25, -0.2) is 4.85 Å². The second-order valence-electron chi connectivity index (χ2n) is 16.8. The zero-order valence-corrected chi connectivity index (χ0v) is 36.2. The molecule has 0 saturated heterocycles. The van der Waals surface area contributed by atoms with Crippen LogP contribution in [-0.4, -0.2) is 9.13 Å². The molecule has 0 unspecified atom stereocenters. The Bertz CT molecular complexity index is 4710. The van der Waals surface area contributed by atoms with Gasteiger partial charge in [-0.3, -0.25) is 0 Å². The van der Waals surface area contributed by atoms with E-state index in [2.05, 4.69) is 64.0 Å². The average Bonchev–Trinajstić information content (AvgIpc) is 4.12. The van der Waals surface area contributed by atoms with Crippen LogP contribution in [0, 0.1) is 17.9 Å². The summed E-state index contributed by atoms with van der Waals surface area (Å²) in [4.78, 5) is 4.41. The Balaban J connectivity index is 1.33. The van der Waals surface area contributed by atoms with Gasteiger partial charge in [0.2, 0.25) is 5.69 Å². The van der Waals surface area contributed by atoms with Gasteiger partial charge in [-0.1, -0.05) is 182 Å². The maximum atomic E-state index is 12.1. The van der Waals surface area contributed by atoms with Gasteiger partial charge < -0.3 is 9.13 Å². The van der Waals surface area contributed by atoms with E-state index in [-0.39, 0.29) is 64.2 Å². The minimum atomic E-state index is -0.348. The topological polar surface area (TPSA) is 38.0 Å². The Morgan fingerprint density at radius 3 is 1.67 bits per heavy atom. The van der Waals surface area contributed by atoms with Crippen LogP contribution < -0.4 is 0 Å². The Labute approximate surface area is 397 Å². The van der Waals surface area contributed by atoms with Crippen LogP contribution in [0.3, 0.4) is 0 Å². The first-order valence-corrected chi connectivity index (χ1v) is 22.8. The molecule has 5 heteroatoms. The van der Waals surface area contributed by atoms with E-state index in [0.29, 0.717) is 60.3 Å². The zero-order valence-electron chi connectivity index (χ0n) is 41.4. The molecular weight excluding hydrogens is 833 g/mol. The van der Waals surface area contributed by atoms with Crippen LogP contribution in [0.2, 0.25) is 0 Å². The predicted molar refractivity (Wildman–Crippen MR) is 281 cm³/mol. The molecule has 0 N–H and O–H groups in total. The summed E-state index contributed by atoms with van der Waals surface area (Å²) in [5.41, 5.74) is 6.97. The molecule has 3 aromatic heterocycles. The summed E-state index contributed by atoms with van der Waals surface area (Å²) in [5, 5.41) is 18.9. The minimum Gasteiger partial charge on any atom is -0.318 e. The molecule has 0 saturated carbocycles. The highest BCUT2D eigenvalue weighted by Crippen LogP contribution is 2.55. The fourth-order valence-corrected chi connectivity index (χ4v) is 12.1. The summed E-state index contributed by atoms with van der Waals surface area (Å²) < 4.78 is 63.9. The van der Waals surface area contributed by atoms with Crippen molar-refractivity contribution in [2.24, 2.45) is 0 Å². The molecule has 67 heavy (non-hydrogen) atoms. The lowest BCUT2D eigenvalue weighted by Gasteiger charge is -2.26. The zero-order chi connectivity index (χ0) is 49.6. The number of fused-ring (bicyclic) bond motifs is 10. The monoisotopic (exact) mass is 872 g/mol. The van der Waals surface area contributed by atoms with Gasteiger partial charge >= 0.3 is 0 Å². The average molecular weight is 873 g/mol. The number of hydrogen-bond donors (Lipinski definition) is 0. The van der Waals surface area contributed by atoms with E-state index in [1.807, 2.05) is 121 Å². The van der Waals surface area contributed by atoms with E-state index >= 15 is 0 Å². The Morgan fingerprint density at radius 2 is 1.04 bits per heavy atom. The van der Waals surface area contributed by atoms with Gasteiger partial charge in [-0.15, -0.1) is 11.3 Å². The molecule has 14 aromatic rings. The summed E-state index contributed by atoms with van der Waals surface area (Å²) in [5.74, 6) is 0. The minimum absolute atomic E-state index is 0.0588. The lowest BCUT2D eigenvalue weighted by Crippen LogP contribution is -2.08. The van der Waals surface area contributed by atoms with Crippen molar-refractivity contribution in [2.45, 2.75) is 0 Å². The third-order valence-corrected chi connectivity index (χ3v) is 14.7. The highest BCUT2D eigenvalue weighted by atomic mass is 32.1. The largest absolute Gasteiger partial charge is 0.318 e. The van der Waals surface area contributed by atoms with E-state index in [1.54, 1.807) is 15.9 Å². The van der Waals surface area contributed by atoms with Crippen LogP contribution in [0.15, 0.2) is 206 Å². The van der Waals surface area contributed by atoms with Crippen molar-refractivity contribution >= 4 is 102 Å². The molecule has 0 aliphatic heterocycles. The second-order valence-corrected chi connectivity index (χ2v) is 17.8. The smallest absolute Gasteiger partial charge is 0.220 e. The van der Waals surface area contributed by atoms with Crippen LogP contribution in [0.4, 0.5) is 5.69 Å². The Kier molecular flexibility index (Phi) is 6.76. The van der Waals surface area contributed by atoms with Crippen molar-refractivity contribution in [3.05, 3.63) is 223 Å². The number of thiophene rings is 1. The number of aromatic nitrogens is 2. The van der Waals surface area contributed by atoms with Crippen LogP contribution in [-0.2, 0) is 0 Å². The van der Waals surface area contributed by atoms with Crippen molar-refractivity contribution < 1.29 is 8.22 Å². The van der Waals surface area contributed by atoms with Crippen LogP contribution in [0.5, 0.6) is 0 Å². The molecule has 4 nitrogen and oxygen atoms in total. The van der Waals surface area contributed by atoms with Gasteiger partial charge in [0, 0.05) is 48.1 Å². The van der Waals surface area contributed by atoms with Crippen molar-refractivity contribution in [1.29, 1.82) is 5.26 Å². The first-order valence-electron chi connectivity index (χ1n) is 25.0. The number of nitrogens with zero attached hydrogens (tertiary/aromatic N) is 4. The Morgan fingerprint density at radius 1 is 0.478 bits per heavy atom. The molecule has 14 rings (SSSR count). The summed E-state index contributed by atoms with van der Waals surface area (Å²) in [6, 6.07) is 56.5. The predicted octanol–water partition coefficient (Wildman–Crippen LogP) is 17.4. The van der Waals surface area contributed by atoms with Gasteiger partial charge in [0.15, 0.2) is 0 Å². The van der Waals surface area contributed by atoms with Gasteiger partial charge in [-0.2, -0.15) is 5.26 Å². The highest BCUT2D eigenvalue weighted by molar-refractivity contribution is 7.26. The molecule has 0 spiro atoms. The van der Waals surface area contributed by atoms with E-state index in [1.165, 1.54) is 0 Å². The standard InChI is InChI=1S/C62H34N4S/c1-64-58-53(38-20-7-3-8-21-38)48(36-63)59(66-49-30-15-27-40(37-18-5-2-6-19-37)55(49)47-35-34-46-43-26-13-14-33-52(43)67-62(46)60(47)66)54(39-22-9-4-10-23-39)61(58)65-50-31-16-28-44-41-24-11-12-25-42(41)45-29-17-32-51(65)57(45)56(44)50/h2-35H/i16D,17D,28D,29D,31D,32D. The molecule has 11 aromatic carbocycles. The molecule has 0 atom stereocenters. The summed E-state index contributed by atoms with van der Waals surface area (Å²) in [6.07, 6.45) is 0. The van der Waals surface area contributed by atoms with E-state index < -0.39 is 0 Å². The summed E-state index contributed by atoms with van der Waals surface area (Å²) in [6.45, 7) is 9.36. The van der Waals surface area contributed by atoms with Gasteiger partial charge in [-0.05, 0) is 68.0 Å². The molecular formula is C62H34N4S. The molecule has 0 aliphatic rings. The highest BCUT2D eigenvalue weighted by Gasteiger charge is 2.33. The first kappa shape index (κ1) is 31.8.